The Hall–Kier alpha value is -0.430. The van der Waals surface area contributed by atoms with Crippen LogP contribution in [0.2, 0.25) is 0 Å². The minimum atomic E-state index is -0.773. The predicted octanol–water partition coefficient (Wildman–Crippen LogP) is 1.17. The Bertz CT molecular complexity index is 411. The van der Waals surface area contributed by atoms with E-state index in [1.165, 1.54) is 0 Å². The van der Waals surface area contributed by atoms with Crippen LogP contribution >= 0.6 is 15.9 Å². The average Bonchev–Trinajstić information content (AvgIpc) is 2.58. The van der Waals surface area contributed by atoms with Gasteiger partial charge >= 0.3 is 0 Å². The van der Waals surface area contributed by atoms with Crippen LogP contribution in [0.1, 0.15) is 25.0 Å². The van der Waals surface area contributed by atoms with Gasteiger partial charge in [0.25, 0.3) is 0 Å². The van der Waals surface area contributed by atoms with Crippen molar-refractivity contribution in [2.24, 2.45) is 0 Å². The lowest BCUT2D eigenvalue weighted by atomic mass is 9.91. The van der Waals surface area contributed by atoms with Gasteiger partial charge < -0.3 is 15.3 Å². The standard InChI is InChI=1S/C13H23BrN4O/c1-17(2)8-9-18-12(11(14)10-16-18)13(19)4-3-6-15-7-5-13/h10,15,19H,3-9H2,1-2H3. The summed E-state index contributed by atoms with van der Waals surface area (Å²) in [6.45, 7) is 3.53. The number of rotatable bonds is 4. The normalized spacial score (nSPS) is 24.7. The van der Waals surface area contributed by atoms with Crippen molar-refractivity contribution in [2.45, 2.75) is 31.4 Å². The number of hydrogen-bond acceptors (Lipinski definition) is 4. The van der Waals surface area contributed by atoms with E-state index < -0.39 is 5.60 Å². The van der Waals surface area contributed by atoms with Crippen molar-refractivity contribution in [3.8, 4) is 0 Å². The first-order chi connectivity index (χ1) is 9.03. The molecule has 1 atom stereocenters. The zero-order chi connectivity index (χ0) is 13.9. The molecule has 1 saturated heterocycles. The van der Waals surface area contributed by atoms with E-state index in [4.69, 9.17) is 0 Å². The van der Waals surface area contributed by atoms with Crippen molar-refractivity contribution in [2.75, 3.05) is 33.7 Å². The Balaban J connectivity index is 2.23. The van der Waals surface area contributed by atoms with Crippen LogP contribution < -0.4 is 5.32 Å². The van der Waals surface area contributed by atoms with E-state index in [2.05, 4.69) is 31.2 Å². The second-order valence-corrected chi connectivity index (χ2v) is 6.36. The molecule has 1 aliphatic rings. The number of nitrogens with one attached hydrogen (secondary N) is 1. The maximum atomic E-state index is 11.0. The molecule has 2 N–H and O–H groups in total. The smallest absolute Gasteiger partial charge is 0.109 e. The van der Waals surface area contributed by atoms with Crippen molar-refractivity contribution in [1.29, 1.82) is 0 Å². The van der Waals surface area contributed by atoms with Crippen LogP contribution in [-0.2, 0) is 12.1 Å². The van der Waals surface area contributed by atoms with E-state index in [0.717, 1.165) is 55.6 Å². The van der Waals surface area contributed by atoms with Gasteiger partial charge in [-0.1, -0.05) is 0 Å². The highest BCUT2D eigenvalue weighted by Gasteiger charge is 2.35. The van der Waals surface area contributed by atoms with Gasteiger partial charge in [-0.3, -0.25) is 4.68 Å². The number of aromatic nitrogens is 2. The summed E-state index contributed by atoms with van der Waals surface area (Å²) in [5.74, 6) is 0. The molecule has 2 heterocycles. The fourth-order valence-electron chi connectivity index (χ4n) is 2.58. The Labute approximate surface area is 123 Å². The van der Waals surface area contributed by atoms with Gasteiger partial charge in [-0.15, -0.1) is 0 Å². The minimum absolute atomic E-state index is 0.735. The van der Waals surface area contributed by atoms with Crippen LogP contribution in [0.3, 0.4) is 0 Å². The number of nitrogens with zero attached hydrogens (tertiary/aromatic N) is 3. The van der Waals surface area contributed by atoms with Crippen molar-refractivity contribution in [3.05, 3.63) is 16.4 Å². The Morgan fingerprint density at radius 1 is 1.47 bits per heavy atom. The molecule has 0 saturated carbocycles. The van der Waals surface area contributed by atoms with Gasteiger partial charge in [0.05, 0.1) is 22.9 Å². The fourth-order valence-corrected chi connectivity index (χ4v) is 3.24. The van der Waals surface area contributed by atoms with E-state index in [1.54, 1.807) is 6.20 Å². The van der Waals surface area contributed by atoms with Gasteiger partial charge in [-0.05, 0) is 62.4 Å². The number of halogens is 1. The van der Waals surface area contributed by atoms with Crippen molar-refractivity contribution in [3.63, 3.8) is 0 Å². The molecule has 1 fully saturated rings. The van der Waals surface area contributed by atoms with E-state index >= 15 is 0 Å². The number of aliphatic hydroxyl groups is 1. The summed E-state index contributed by atoms with van der Waals surface area (Å²) in [5.41, 5.74) is 0.156. The molecule has 1 aromatic rings. The van der Waals surface area contributed by atoms with E-state index in [-0.39, 0.29) is 0 Å². The predicted molar refractivity (Wildman–Crippen MR) is 79.1 cm³/mol. The Morgan fingerprint density at radius 2 is 2.26 bits per heavy atom. The summed E-state index contributed by atoms with van der Waals surface area (Å²) >= 11 is 3.54. The van der Waals surface area contributed by atoms with Crippen LogP contribution in [-0.4, -0.2) is 53.5 Å². The molecule has 6 heteroatoms. The van der Waals surface area contributed by atoms with Gasteiger partial charge in [-0.2, -0.15) is 5.10 Å². The zero-order valence-electron chi connectivity index (χ0n) is 11.7. The Kier molecular flexibility index (Phi) is 5.00. The first-order valence-corrected chi connectivity index (χ1v) is 7.62. The number of hydrogen-bond donors (Lipinski definition) is 2. The highest BCUT2D eigenvalue weighted by molar-refractivity contribution is 9.10. The van der Waals surface area contributed by atoms with Gasteiger partial charge in [0.2, 0.25) is 0 Å². The van der Waals surface area contributed by atoms with Crippen LogP contribution in [0.25, 0.3) is 0 Å². The molecule has 5 nitrogen and oxygen atoms in total. The maximum absolute atomic E-state index is 11.0. The largest absolute Gasteiger partial charge is 0.383 e. The molecular weight excluding hydrogens is 308 g/mol. The average molecular weight is 331 g/mol. The van der Waals surface area contributed by atoms with E-state index in [1.807, 2.05) is 18.8 Å². The molecule has 108 valence electrons. The monoisotopic (exact) mass is 330 g/mol. The molecule has 0 amide bonds. The van der Waals surface area contributed by atoms with Crippen LogP contribution in [0.5, 0.6) is 0 Å². The summed E-state index contributed by atoms with van der Waals surface area (Å²) in [6.07, 6.45) is 4.30. The SMILES string of the molecule is CN(C)CCn1ncc(Br)c1C1(O)CCCNCC1. The molecule has 0 bridgehead atoms. The van der Waals surface area contributed by atoms with Gasteiger partial charge in [-0.25, -0.2) is 0 Å². The first kappa shape index (κ1) is 15.0. The topological polar surface area (TPSA) is 53.3 Å². The van der Waals surface area contributed by atoms with Crippen LogP contribution in [0, 0.1) is 0 Å². The molecule has 0 radical (unpaired) electrons. The first-order valence-electron chi connectivity index (χ1n) is 6.82. The molecule has 2 rings (SSSR count). The highest BCUT2D eigenvalue weighted by atomic mass is 79.9. The van der Waals surface area contributed by atoms with Gasteiger partial charge in [0.15, 0.2) is 0 Å². The lowest BCUT2D eigenvalue weighted by Gasteiger charge is -2.28. The second kappa shape index (κ2) is 6.35. The summed E-state index contributed by atoms with van der Waals surface area (Å²) in [7, 11) is 4.09. The molecule has 1 aromatic heterocycles. The van der Waals surface area contributed by atoms with E-state index in [0.29, 0.717) is 0 Å². The third-order valence-electron chi connectivity index (χ3n) is 3.65. The molecule has 1 unspecified atom stereocenters. The summed E-state index contributed by atoms with van der Waals surface area (Å²) < 4.78 is 2.85. The van der Waals surface area contributed by atoms with Crippen molar-refractivity contribution >= 4 is 15.9 Å². The lowest BCUT2D eigenvalue weighted by molar-refractivity contribution is 0.0140. The molecule has 19 heavy (non-hydrogen) atoms. The number of likely N-dealkylation sites (N-methyl/N-ethyl adjacent to an activating group) is 1. The lowest BCUT2D eigenvalue weighted by Crippen LogP contribution is -2.32. The second-order valence-electron chi connectivity index (χ2n) is 5.50. The van der Waals surface area contributed by atoms with Crippen molar-refractivity contribution < 1.29 is 5.11 Å². The molecule has 1 aliphatic heterocycles. The highest BCUT2D eigenvalue weighted by Crippen LogP contribution is 2.35. The Morgan fingerprint density at radius 3 is 3.00 bits per heavy atom. The van der Waals surface area contributed by atoms with Gasteiger partial charge in [0.1, 0.15) is 5.60 Å². The van der Waals surface area contributed by atoms with Crippen LogP contribution in [0.15, 0.2) is 10.7 Å². The summed E-state index contributed by atoms with van der Waals surface area (Å²) in [6, 6.07) is 0. The minimum Gasteiger partial charge on any atom is -0.383 e. The fraction of sp³-hybridized carbons (Fsp3) is 0.769. The third-order valence-corrected chi connectivity index (χ3v) is 4.23. The quantitative estimate of drug-likeness (QED) is 0.870. The summed E-state index contributed by atoms with van der Waals surface area (Å²) in [5, 5.41) is 18.7. The van der Waals surface area contributed by atoms with Crippen molar-refractivity contribution in [1.82, 2.24) is 20.0 Å². The third kappa shape index (κ3) is 3.56. The molecule has 0 aliphatic carbocycles. The van der Waals surface area contributed by atoms with Gasteiger partial charge in [0, 0.05) is 6.54 Å². The zero-order valence-corrected chi connectivity index (χ0v) is 13.3. The molecule has 0 aromatic carbocycles. The van der Waals surface area contributed by atoms with E-state index in [9.17, 15) is 5.11 Å². The molecule has 0 spiro atoms. The molecular formula is C13H23BrN4O. The summed E-state index contributed by atoms with van der Waals surface area (Å²) in [4.78, 5) is 2.12. The maximum Gasteiger partial charge on any atom is 0.109 e. The van der Waals surface area contributed by atoms with Crippen LogP contribution in [0.4, 0.5) is 0 Å².